The number of amides is 1. The van der Waals surface area contributed by atoms with E-state index in [1.165, 1.54) is 6.42 Å². The van der Waals surface area contributed by atoms with Gasteiger partial charge in [0.15, 0.2) is 0 Å². The van der Waals surface area contributed by atoms with Crippen LogP contribution in [0.1, 0.15) is 25.8 Å². The SMILES string of the molecule is CC(C)C1CCN(CC(=O)Nc2ccccc2C#N)C1. The monoisotopic (exact) mass is 271 g/mol. The van der Waals surface area contributed by atoms with Crippen molar-refractivity contribution < 1.29 is 4.79 Å². The first-order chi connectivity index (χ1) is 9.60. The van der Waals surface area contributed by atoms with E-state index < -0.39 is 0 Å². The van der Waals surface area contributed by atoms with Crippen LogP contribution in [0.5, 0.6) is 0 Å². The Morgan fingerprint density at radius 2 is 2.25 bits per heavy atom. The van der Waals surface area contributed by atoms with Gasteiger partial charge in [0.05, 0.1) is 17.8 Å². The summed E-state index contributed by atoms with van der Waals surface area (Å²) < 4.78 is 0. The molecule has 1 aromatic carbocycles. The van der Waals surface area contributed by atoms with E-state index in [2.05, 4.69) is 30.1 Å². The van der Waals surface area contributed by atoms with Gasteiger partial charge in [-0.25, -0.2) is 0 Å². The molecular formula is C16H21N3O. The molecule has 4 heteroatoms. The molecule has 1 fully saturated rings. The molecule has 1 heterocycles. The van der Waals surface area contributed by atoms with Crippen LogP contribution in [0.3, 0.4) is 0 Å². The summed E-state index contributed by atoms with van der Waals surface area (Å²) in [5.41, 5.74) is 1.10. The standard InChI is InChI=1S/C16H21N3O/c1-12(2)14-7-8-19(10-14)11-16(20)18-15-6-4-3-5-13(15)9-17/h3-6,12,14H,7-8,10-11H2,1-2H3,(H,18,20). The van der Waals surface area contributed by atoms with Crippen molar-refractivity contribution in [1.29, 1.82) is 5.26 Å². The van der Waals surface area contributed by atoms with Crippen molar-refractivity contribution >= 4 is 11.6 Å². The van der Waals surface area contributed by atoms with Gasteiger partial charge in [-0.15, -0.1) is 0 Å². The normalized spacial score (nSPS) is 19.0. The summed E-state index contributed by atoms with van der Waals surface area (Å²) in [4.78, 5) is 14.2. The van der Waals surface area contributed by atoms with Crippen molar-refractivity contribution in [2.24, 2.45) is 11.8 Å². The second-order valence-electron chi connectivity index (χ2n) is 5.73. The lowest BCUT2D eigenvalue weighted by atomic mass is 9.95. The molecule has 1 aromatic rings. The number of benzene rings is 1. The molecule has 20 heavy (non-hydrogen) atoms. The van der Waals surface area contributed by atoms with Gasteiger partial charge in [0, 0.05) is 6.54 Å². The summed E-state index contributed by atoms with van der Waals surface area (Å²) in [6, 6.07) is 9.17. The molecule has 0 bridgehead atoms. The number of nitriles is 1. The lowest BCUT2D eigenvalue weighted by molar-refractivity contribution is -0.117. The first-order valence-corrected chi connectivity index (χ1v) is 7.11. The number of anilines is 1. The molecule has 1 unspecified atom stereocenters. The number of likely N-dealkylation sites (tertiary alicyclic amines) is 1. The van der Waals surface area contributed by atoms with Gasteiger partial charge >= 0.3 is 0 Å². The van der Waals surface area contributed by atoms with Crippen LogP contribution in [-0.2, 0) is 4.79 Å². The van der Waals surface area contributed by atoms with Gasteiger partial charge in [-0.2, -0.15) is 5.26 Å². The van der Waals surface area contributed by atoms with E-state index >= 15 is 0 Å². The first kappa shape index (κ1) is 14.5. The maximum Gasteiger partial charge on any atom is 0.238 e. The Bertz CT molecular complexity index is 519. The number of para-hydroxylation sites is 1. The van der Waals surface area contributed by atoms with Crippen LogP contribution < -0.4 is 5.32 Å². The minimum Gasteiger partial charge on any atom is -0.324 e. The van der Waals surface area contributed by atoms with Crippen molar-refractivity contribution in [3.8, 4) is 6.07 Å². The van der Waals surface area contributed by atoms with Crippen molar-refractivity contribution in [3.63, 3.8) is 0 Å². The molecule has 1 aliphatic heterocycles. The third-order valence-corrected chi connectivity index (χ3v) is 3.94. The fraction of sp³-hybridized carbons (Fsp3) is 0.500. The lowest BCUT2D eigenvalue weighted by Gasteiger charge is -2.17. The van der Waals surface area contributed by atoms with Crippen LogP contribution in [-0.4, -0.2) is 30.4 Å². The molecule has 1 N–H and O–H groups in total. The molecule has 1 saturated heterocycles. The Hall–Kier alpha value is -1.86. The van der Waals surface area contributed by atoms with Crippen molar-refractivity contribution in [2.45, 2.75) is 20.3 Å². The molecule has 1 atom stereocenters. The highest BCUT2D eigenvalue weighted by Crippen LogP contribution is 2.23. The average molecular weight is 271 g/mol. The summed E-state index contributed by atoms with van der Waals surface area (Å²) >= 11 is 0. The Morgan fingerprint density at radius 1 is 1.50 bits per heavy atom. The zero-order valence-corrected chi connectivity index (χ0v) is 12.1. The highest BCUT2D eigenvalue weighted by molar-refractivity contribution is 5.93. The minimum atomic E-state index is -0.0443. The number of nitrogens with zero attached hydrogens (tertiary/aromatic N) is 2. The molecule has 0 aromatic heterocycles. The number of carbonyl (C=O) groups excluding carboxylic acids is 1. The predicted octanol–water partition coefficient (Wildman–Crippen LogP) is 2.47. The number of hydrogen-bond donors (Lipinski definition) is 1. The zero-order chi connectivity index (χ0) is 14.5. The fourth-order valence-corrected chi connectivity index (χ4v) is 2.63. The Labute approximate surface area is 120 Å². The second kappa shape index (κ2) is 6.53. The zero-order valence-electron chi connectivity index (χ0n) is 12.1. The van der Waals surface area contributed by atoms with Gasteiger partial charge < -0.3 is 5.32 Å². The fourth-order valence-electron chi connectivity index (χ4n) is 2.63. The van der Waals surface area contributed by atoms with Gasteiger partial charge in [-0.05, 0) is 36.9 Å². The quantitative estimate of drug-likeness (QED) is 0.915. The van der Waals surface area contributed by atoms with Gasteiger partial charge in [0.25, 0.3) is 0 Å². The highest BCUT2D eigenvalue weighted by Gasteiger charge is 2.26. The highest BCUT2D eigenvalue weighted by atomic mass is 16.2. The van der Waals surface area contributed by atoms with E-state index in [0.29, 0.717) is 29.6 Å². The number of rotatable bonds is 4. The first-order valence-electron chi connectivity index (χ1n) is 7.11. The third-order valence-electron chi connectivity index (χ3n) is 3.94. The molecule has 0 aliphatic carbocycles. The van der Waals surface area contributed by atoms with Gasteiger partial charge in [-0.3, -0.25) is 9.69 Å². The molecule has 0 spiro atoms. The van der Waals surface area contributed by atoms with E-state index in [-0.39, 0.29) is 5.91 Å². The van der Waals surface area contributed by atoms with Crippen LogP contribution in [0.25, 0.3) is 0 Å². The Kier molecular flexibility index (Phi) is 4.75. The maximum absolute atomic E-state index is 12.1. The summed E-state index contributed by atoms with van der Waals surface area (Å²) in [5, 5.41) is 11.8. The summed E-state index contributed by atoms with van der Waals surface area (Å²) in [5.74, 6) is 1.31. The molecule has 0 saturated carbocycles. The topological polar surface area (TPSA) is 56.1 Å². The van der Waals surface area contributed by atoms with Crippen molar-refractivity contribution in [3.05, 3.63) is 29.8 Å². The van der Waals surface area contributed by atoms with Crippen LogP contribution in [0, 0.1) is 23.2 Å². The largest absolute Gasteiger partial charge is 0.324 e. The smallest absolute Gasteiger partial charge is 0.238 e. The Balaban J connectivity index is 1.89. The van der Waals surface area contributed by atoms with E-state index in [9.17, 15) is 4.79 Å². The van der Waals surface area contributed by atoms with Crippen LogP contribution in [0.2, 0.25) is 0 Å². The van der Waals surface area contributed by atoms with Crippen LogP contribution in [0.15, 0.2) is 24.3 Å². The van der Waals surface area contributed by atoms with Crippen molar-refractivity contribution in [2.75, 3.05) is 25.0 Å². The molecule has 0 radical (unpaired) electrons. The predicted molar refractivity (Wildman–Crippen MR) is 79.2 cm³/mol. The van der Waals surface area contributed by atoms with Crippen LogP contribution in [0.4, 0.5) is 5.69 Å². The Morgan fingerprint density at radius 3 is 2.90 bits per heavy atom. The third kappa shape index (κ3) is 3.58. The van der Waals surface area contributed by atoms with E-state index in [1.54, 1.807) is 18.2 Å². The molecule has 2 rings (SSSR count). The summed E-state index contributed by atoms with van der Waals surface area (Å²) in [6.07, 6.45) is 1.17. The summed E-state index contributed by atoms with van der Waals surface area (Å²) in [7, 11) is 0. The number of nitrogens with one attached hydrogen (secondary N) is 1. The number of carbonyl (C=O) groups is 1. The molecule has 4 nitrogen and oxygen atoms in total. The van der Waals surface area contributed by atoms with Crippen molar-refractivity contribution in [1.82, 2.24) is 4.90 Å². The molecule has 106 valence electrons. The molecule has 1 aliphatic rings. The van der Waals surface area contributed by atoms with E-state index in [0.717, 1.165) is 13.1 Å². The van der Waals surface area contributed by atoms with Crippen LogP contribution >= 0.6 is 0 Å². The second-order valence-corrected chi connectivity index (χ2v) is 5.73. The van der Waals surface area contributed by atoms with E-state index in [4.69, 9.17) is 5.26 Å². The van der Waals surface area contributed by atoms with E-state index in [1.807, 2.05) is 6.07 Å². The molecular weight excluding hydrogens is 250 g/mol. The molecule has 1 amide bonds. The average Bonchev–Trinajstić information content (AvgIpc) is 2.88. The van der Waals surface area contributed by atoms with Gasteiger partial charge in [0.1, 0.15) is 6.07 Å². The number of hydrogen-bond acceptors (Lipinski definition) is 3. The minimum absolute atomic E-state index is 0.0443. The summed E-state index contributed by atoms with van der Waals surface area (Å²) in [6.45, 7) is 6.85. The van der Waals surface area contributed by atoms with Gasteiger partial charge in [-0.1, -0.05) is 26.0 Å². The lowest BCUT2D eigenvalue weighted by Crippen LogP contribution is -2.32. The maximum atomic E-state index is 12.1. The van der Waals surface area contributed by atoms with Gasteiger partial charge in [0.2, 0.25) is 5.91 Å².